The van der Waals surface area contributed by atoms with Gasteiger partial charge in [0.1, 0.15) is 42.7 Å². The first-order valence-electron chi connectivity index (χ1n) is 6.48. The molecular formula is C11H20O10. The van der Waals surface area contributed by atoms with Gasteiger partial charge in [0.25, 0.3) is 0 Å². The number of hydrogen-bond donors (Lipinski definition) is 7. The van der Waals surface area contributed by atoms with Crippen LogP contribution in [-0.4, -0.2) is 104 Å². The molecule has 21 heavy (non-hydrogen) atoms. The monoisotopic (exact) mass is 312 g/mol. The van der Waals surface area contributed by atoms with Crippen LogP contribution in [0.4, 0.5) is 0 Å². The van der Waals surface area contributed by atoms with Crippen LogP contribution in [0.3, 0.4) is 0 Å². The minimum absolute atomic E-state index is 0.283. The zero-order valence-electron chi connectivity index (χ0n) is 11.0. The lowest BCUT2D eigenvalue weighted by molar-refractivity contribution is -0.340. The van der Waals surface area contributed by atoms with Gasteiger partial charge in [0.15, 0.2) is 12.6 Å². The minimum Gasteiger partial charge on any atom is -0.394 e. The van der Waals surface area contributed by atoms with Crippen molar-refractivity contribution in [1.29, 1.82) is 0 Å². The van der Waals surface area contributed by atoms with Gasteiger partial charge in [-0.3, -0.25) is 0 Å². The first kappa shape index (κ1) is 17.0. The maximum atomic E-state index is 9.78. The summed E-state index contributed by atoms with van der Waals surface area (Å²) in [5, 5.41) is 66.5. The Bertz CT molecular complexity index is 339. The Balaban J connectivity index is 2.01. The zero-order valence-corrected chi connectivity index (χ0v) is 11.0. The van der Waals surface area contributed by atoms with Crippen LogP contribution in [0.5, 0.6) is 0 Å². The number of aliphatic hydroxyl groups is 7. The van der Waals surface area contributed by atoms with Crippen LogP contribution in [0.25, 0.3) is 0 Å². The predicted molar refractivity (Wildman–Crippen MR) is 62.6 cm³/mol. The molecule has 9 atom stereocenters. The van der Waals surface area contributed by atoms with Gasteiger partial charge in [-0.1, -0.05) is 0 Å². The molecule has 0 bridgehead atoms. The van der Waals surface area contributed by atoms with Crippen molar-refractivity contribution in [3.63, 3.8) is 0 Å². The summed E-state index contributed by atoms with van der Waals surface area (Å²) in [5.74, 6) is 0. The topological polar surface area (TPSA) is 169 Å². The second-order valence-electron chi connectivity index (χ2n) is 5.08. The highest BCUT2D eigenvalue weighted by Crippen LogP contribution is 2.25. The second kappa shape index (κ2) is 6.79. The van der Waals surface area contributed by atoms with Crippen LogP contribution >= 0.6 is 0 Å². The first-order valence-corrected chi connectivity index (χ1v) is 6.48. The van der Waals surface area contributed by atoms with Crippen LogP contribution in [0.15, 0.2) is 0 Å². The summed E-state index contributed by atoms with van der Waals surface area (Å²) >= 11 is 0. The summed E-state index contributed by atoms with van der Waals surface area (Å²) in [7, 11) is 0. The van der Waals surface area contributed by atoms with E-state index in [0.717, 1.165) is 0 Å². The lowest BCUT2D eigenvalue weighted by atomic mass is 9.99. The van der Waals surface area contributed by atoms with Gasteiger partial charge < -0.3 is 50.0 Å². The van der Waals surface area contributed by atoms with Crippen molar-refractivity contribution in [2.75, 3.05) is 13.2 Å². The van der Waals surface area contributed by atoms with E-state index in [-0.39, 0.29) is 6.61 Å². The molecule has 0 aromatic rings. The van der Waals surface area contributed by atoms with E-state index in [1.54, 1.807) is 0 Å². The fourth-order valence-electron chi connectivity index (χ4n) is 2.25. The molecule has 0 amide bonds. The molecule has 0 saturated carbocycles. The van der Waals surface area contributed by atoms with E-state index in [9.17, 15) is 30.6 Å². The highest BCUT2D eigenvalue weighted by Gasteiger charge is 2.47. The average Bonchev–Trinajstić information content (AvgIpc) is 2.48. The molecule has 1 unspecified atom stereocenters. The SMILES string of the molecule is OC[C@H]1O[C@H](O[C@@H]2COC(O)[C@H](O)[C@H]2O)[C@H](O)[C@@H](O)[C@@H]1O. The normalized spacial score (nSPS) is 51.9. The molecule has 0 spiro atoms. The van der Waals surface area contributed by atoms with Gasteiger partial charge in [0.05, 0.1) is 13.2 Å². The van der Waals surface area contributed by atoms with E-state index in [2.05, 4.69) is 0 Å². The summed E-state index contributed by atoms with van der Waals surface area (Å²) < 4.78 is 15.1. The smallest absolute Gasteiger partial charge is 0.187 e. The molecule has 0 radical (unpaired) electrons. The van der Waals surface area contributed by atoms with E-state index in [1.165, 1.54) is 0 Å². The Morgan fingerprint density at radius 3 is 2.14 bits per heavy atom. The van der Waals surface area contributed by atoms with Gasteiger partial charge in [0, 0.05) is 0 Å². The summed E-state index contributed by atoms with van der Waals surface area (Å²) in [6.45, 7) is -0.899. The van der Waals surface area contributed by atoms with Gasteiger partial charge in [-0.25, -0.2) is 0 Å². The largest absolute Gasteiger partial charge is 0.394 e. The second-order valence-corrected chi connectivity index (χ2v) is 5.08. The summed E-state index contributed by atoms with van der Waals surface area (Å²) in [6.07, 6.45) is -13.2. The van der Waals surface area contributed by atoms with Crippen molar-refractivity contribution in [3.8, 4) is 0 Å². The van der Waals surface area contributed by atoms with Gasteiger partial charge in [-0.05, 0) is 0 Å². The van der Waals surface area contributed by atoms with Crippen LogP contribution in [0.1, 0.15) is 0 Å². The highest BCUT2D eigenvalue weighted by atomic mass is 16.7. The molecule has 10 nitrogen and oxygen atoms in total. The summed E-state index contributed by atoms with van der Waals surface area (Å²) in [5.41, 5.74) is 0. The molecule has 2 fully saturated rings. The Labute approximate surface area is 119 Å². The number of aliphatic hydroxyl groups excluding tert-OH is 7. The molecule has 10 heteroatoms. The number of hydrogen-bond acceptors (Lipinski definition) is 10. The molecule has 2 heterocycles. The third-order valence-corrected chi connectivity index (χ3v) is 3.61. The van der Waals surface area contributed by atoms with Crippen molar-refractivity contribution in [1.82, 2.24) is 0 Å². The van der Waals surface area contributed by atoms with E-state index < -0.39 is 61.9 Å². The maximum absolute atomic E-state index is 9.78. The van der Waals surface area contributed by atoms with Crippen molar-refractivity contribution in [3.05, 3.63) is 0 Å². The van der Waals surface area contributed by atoms with Crippen molar-refractivity contribution in [2.24, 2.45) is 0 Å². The lowest BCUT2D eigenvalue weighted by Crippen LogP contribution is -2.62. The molecule has 2 rings (SSSR count). The fourth-order valence-corrected chi connectivity index (χ4v) is 2.25. The highest BCUT2D eigenvalue weighted by molar-refractivity contribution is 4.91. The van der Waals surface area contributed by atoms with E-state index in [0.29, 0.717) is 0 Å². The van der Waals surface area contributed by atoms with Crippen molar-refractivity contribution in [2.45, 2.75) is 55.3 Å². The lowest BCUT2D eigenvalue weighted by Gasteiger charge is -2.43. The van der Waals surface area contributed by atoms with Gasteiger partial charge in [0.2, 0.25) is 0 Å². The van der Waals surface area contributed by atoms with Crippen LogP contribution in [0, 0.1) is 0 Å². The van der Waals surface area contributed by atoms with Gasteiger partial charge in [-0.2, -0.15) is 0 Å². The number of ether oxygens (including phenoxy) is 3. The molecular weight excluding hydrogens is 292 g/mol. The average molecular weight is 312 g/mol. The molecule has 0 aliphatic carbocycles. The third-order valence-electron chi connectivity index (χ3n) is 3.61. The van der Waals surface area contributed by atoms with Crippen molar-refractivity contribution < 1.29 is 50.0 Å². The van der Waals surface area contributed by atoms with Gasteiger partial charge in [-0.15, -0.1) is 0 Å². The van der Waals surface area contributed by atoms with E-state index in [4.69, 9.17) is 19.3 Å². The third kappa shape index (κ3) is 3.35. The van der Waals surface area contributed by atoms with Crippen LogP contribution in [0.2, 0.25) is 0 Å². The van der Waals surface area contributed by atoms with Crippen molar-refractivity contribution >= 4 is 0 Å². The molecule has 2 aliphatic rings. The Kier molecular flexibility index (Phi) is 5.48. The number of rotatable bonds is 3. The fraction of sp³-hybridized carbons (Fsp3) is 1.00. The standard InChI is InChI=1S/C11H20O10/c12-1-3-5(13)7(15)9(17)11(20-3)21-4-2-19-10(18)8(16)6(4)14/h3-18H,1-2H2/t3-,4-,5-,6+,7+,8-,9-,10?,11-/m1/s1. The minimum atomic E-state index is -1.63. The predicted octanol–water partition coefficient (Wildman–Crippen LogP) is -4.76. The van der Waals surface area contributed by atoms with E-state index in [1.807, 2.05) is 0 Å². The van der Waals surface area contributed by atoms with E-state index >= 15 is 0 Å². The summed E-state index contributed by atoms with van der Waals surface area (Å²) in [6, 6.07) is 0. The Morgan fingerprint density at radius 1 is 0.857 bits per heavy atom. The molecule has 7 N–H and O–H groups in total. The molecule has 0 aromatic heterocycles. The molecule has 2 saturated heterocycles. The van der Waals surface area contributed by atoms with Crippen LogP contribution in [-0.2, 0) is 14.2 Å². The Morgan fingerprint density at radius 2 is 1.52 bits per heavy atom. The molecule has 124 valence electrons. The Hall–Kier alpha value is -0.400. The van der Waals surface area contributed by atoms with Crippen LogP contribution < -0.4 is 0 Å². The molecule has 2 aliphatic heterocycles. The first-order chi connectivity index (χ1) is 9.86. The maximum Gasteiger partial charge on any atom is 0.187 e. The van der Waals surface area contributed by atoms with Gasteiger partial charge >= 0.3 is 0 Å². The zero-order chi connectivity index (χ0) is 15.7. The summed E-state index contributed by atoms with van der Waals surface area (Å²) in [4.78, 5) is 0. The molecule has 0 aromatic carbocycles. The quantitative estimate of drug-likeness (QED) is 0.268.